The number of anilines is 2. The van der Waals surface area contributed by atoms with Gasteiger partial charge in [0, 0.05) is 17.5 Å². The molecule has 2 aromatic rings. The summed E-state index contributed by atoms with van der Waals surface area (Å²) in [6.45, 7) is 7.24. The van der Waals surface area contributed by atoms with Crippen LogP contribution in [-0.2, 0) is 11.0 Å². The number of nitrogens with zero attached hydrogens (tertiary/aromatic N) is 4. The number of halogens is 5. The van der Waals surface area contributed by atoms with Crippen molar-refractivity contribution in [2.24, 2.45) is 21.1 Å². The first-order valence-corrected chi connectivity index (χ1v) is 14.2. The molecule has 0 spiro atoms. The molecule has 0 radical (unpaired) electrons. The molecule has 1 aromatic carbocycles. The fourth-order valence-corrected chi connectivity index (χ4v) is 6.09. The van der Waals surface area contributed by atoms with Gasteiger partial charge in [0.25, 0.3) is 0 Å². The molecule has 0 aliphatic heterocycles. The maximum atomic E-state index is 13.3. The Morgan fingerprint density at radius 1 is 1.22 bits per heavy atom. The minimum absolute atomic E-state index is 0.0343. The van der Waals surface area contributed by atoms with Gasteiger partial charge in [0.2, 0.25) is 17.8 Å². The van der Waals surface area contributed by atoms with E-state index in [4.69, 9.17) is 33.9 Å². The van der Waals surface area contributed by atoms with E-state index in [1.165, 1.54) is 0 Å². The molecule has 2 atom stereocenters. The molecule has 2 aliphatic carbocycles. The Hall–Kier alpha value is -2.83. The van der Waals surface area contributed by atoms with Gasteiger partial charge < -0.3 is 21.5 Å². The fraction of sp³-hybridized carbons (Fsp3) is 0.556. The molecular formula is C27H34Cl2F3N7O2. The number of primary amides is 1. The van der Waals surface area contributed by atoms with E-state index in [-0.39, 0.29) is 45.6 Å². The lowest BCUT2D eigenvalue weighted by Gasteiger charge is -2.36. The summed E-state index contributed by atoms with van der Waals surface area (Å²) < 4.78 is 41.7. The van der Waals surface area contributed by atoms with Crippen molar-refractivity contribution in [1.82, 2.24) is 14.9 Å². The number of nitrogens with one attached hydrogen (secondary N) is 2. The first-order chi connectivity index (χ1) is 19.2. The van der Waals surface area contributed by atoms with Crippen LogP contribution in [0.1, 0.15) is 75.6 Å². The van der Waals surface area contributed by atoms with Crippen LogP contribution in [0, 0.1) is 12.3 Å². The van der Waals surface area contributed by atoms with Gasteiger partial charge in [-0.1, -0.05) is 30.1 Å². The molecule has 5 N–H and O–H groups in total. The maximum Gasteiger partial charge on any atom is 0.416 e. The number of hydrogen-bond acceptors (Lipinski definition) is 5. The van der Waals surface area contributed by atoms with Crippen LogP contribution in [-0.4, -0.2) is 45.4 Å². The van der Waals surface area contributed by atoms with Gasteiger partial charge in [0.15, 0.2) is 5.82 Å². The van der Waals surface area contributed by atoms with Gasteiger partial charge in [0.1, 0.15) is 0 Å². The number of rotatable bonds is 6. The lowest BCUT2D eigenvalue weighted by molar-refractivity contribution is -0.137. The highest BCUT2D eigenvalue weighted by Crippen LogP contribution is 2.45. The molecule has 1 heterocycles. The third-order valence-corrected chi connectivity index (χ3v) is 8.62. The van der Waals surface area contributed by atoms with Crippen LogP contribution in [0.3, 0.4) is 0 Å². The molecular weight excluding hydrogens is 582 g/mol. The number of benzene rings is 1. The molecule has 0 unspecified atom stereocenters. The second-order valence-corrected chi connectivity index (χ2v) is 11.9. The zero-order valence-electron chi connectivity index (χ0n) is 22.9. The van der Waals surface area contributed by atoms with E-state index >= 15 is 0 Å². The molecule has 41 heavy (non-hydrogen) atoms. The van der Waals surface area contributed by atoms with Gasteiger partial charge in [-0.25, -0.2) is 9.98 Å². The van der Waals surface area contributed by atoms with Crippen LogP contribution >= 0.6 is 23.2 Å². The van der Waals surface area contributed by atoms with Crippen molar-refractivity contribution in [1.29, 1.82) is 0 Å². The molecule has 1 amide bonds. The lowest BCUT2D eigenvalue weighted by atomic mass is 9.73. The Morgan fingerprint density at radius 2 is 1.85 bits per heavy atom. The van der Waals surface area contributed by atoms with Crippen LogP contribution in [0.5, 0.6) is 0 Å². The number of nitrogens with two attached hydrogens (primary N) is 1. The second kappa shape index (κ2) is 12.2. The zero-order chi connectivity index (χ0) is 30.1. The first-order valence-electron chi connectivity index (χ1n) is 13.4. The summed E-state index contributed by atoms with van der Waals surface area (Å²) in [5.74, 6) is 0.609. The topological polar surface area (TPSA) is 130 Å². The van der Waals surface area contributed by atoms with Crippen molar-refractivity contribution in [3.8, 4) is 0 Å². The van der Waals surface area contributed by atoms with E-state index < -0.39 is 23.3 Å². The fourth-order valence-electron chi connectivity index (χ4n) is 5.51. The minimum Gasteiger partial charge on any atom is -0.393 e. The minimum atomic E-state index is -4.62. The molecule has 2 saturated carbocycles. The quantitative estimate of drug-likeness (QED) is 0.219. The highest BCUT2D eigenvalue weighted by Gasteiger charge is 2.38. The van der Waals surface area contributed by atoms with Crippen LogP contribution in [0.25, 0.3) is 0 Å². The highest BCUT2D eigenvalue weighted by molar-refractivity contribution is 6.39. The van der Waals surface area contributed by atoms with Crippen molar-refractivity contribution in [3.63, 3.8) is 0 Å². The van der Waals surface area contributed by atoms with E-state index in [0.29, 0.717) is 43.6 Å². The standard InChI is InChI=1S/C27H34Cl2F3N7O2/c1-14-22(38-24(34-3)36-16-5-4-6-18(40)13-16)39(17-7-9-26(2,10-8-17)23(33)41)25(35-14)37-21-19(28)11-15(12-20(21)29)27(30,31)32/h11-12,16-18,40H,3-10,13H2,1-2H3,(H2,33,41)(H,35,37)(H,36,38)/t16-,17-,18+,26+/m1/s1. The number of imidazole rings is 1. The Kier molecular flexibility index (Phi) is 9.25. The third kappa shape index (κ3) is 6.98. The average Bonchev–Trinajstić information content (AvgIpc) is 3.19. The number of alkyl halides is 3. The number of aryl methyl sites for hydroxylation is 1. The van der Waals surface area contributed by atoms with E-state index in [9.17, 15) is 23.1 Å². The molecule has 2 fully saturated rings. The number of carbonyl (C=O) groups is 1. The summed E-state index contributed by atoms with van der Waals surface area (Å²) in [6.07, 6.45) is 0.175. The Morgan fingerprint density at radius 3 is 2.39 bits per heavy atom. The average molecular weight is 617 g/mol. The summed E-state index contributed by atoms with van der Waals surface area (Å²) in [7, 11) is 0. The summed E-state index contributed by atoms with van der Waals surface area (Å²) in [4.78, 5) is 25.5. The second-order valence-electron chi connectivity index (χ2n) is 11.1. The van der Waals surface area contributed by atoms with Gasteiger partial charge in [0.05, 0.1) is 33.1 Å². The Balaban J connectivity index is 1.74. The van der Waals surface area contributed by atoms with Crippen molar-refractivity contribution in [2.75, 3.05) is 5.32 Å². The molecule has 14 heteroatoms. The molecule has 224 valence electrons. The predicted molar refractivity (Wildman–Crippen MR) is 155 cm³/mol. The van der Waals surface area contributed by atoms with E-state index in [0.717, 1.165) is 31.4 Å². The number of guanidine groups is 1. The maximum absolute atomic E-state index is 13.3. The summed E-state index contributed by atoms with van der Waals surface area (Å²) in [5, 5.41) is 15.9. The Labute approximate surface area is 246 Å². The van der Waals surface area contributed by atoms with E-state index in [1.54, 1.807) is 6.92 Å². The first kappa shape index (κ1) is 31.1. The van der Waals surface area contributed by atoms with E-state index in [1.807, 2.05) is 11.5 Å². The van der Waals surface area contributed by atoms with Crippen molar-refractivity contribution < 1.29 is 23.1 Å². The number of hydrogen-bond donors (Lipinski definition) is 4. The van der Waals surface area contributed by atoms with Gasteiger partial charge in [-0.3, -0.25) is 9.36 Å². The zero-order valence-corrected chi connectivity index (χ0v) is 24.4. The van der Waals surface area contributed by atoms with Gasteiger partial charge in [-0.05, 0) is 77.1 Å². The van der Waals surface area contributed by atoms with Gasteiger partial charge >= 0.3 is 6.18 Å². The molecule has 0 saturated heterocycles. The van der Waals surface area contributed by atoms with Crippen molar-refractivity contribution >= 4 is 59.2 Å². The molecule has 9 nitrogen and oxygen atoms in total. The largest absolute Gasteiger partial charge is 0.416 e. The predicted octanol–water partition coefficient (Wildman–Crippen LogP) is 6.45. The van der Waals surface area contributed by atoms with Crippen LogP contribution in [0.4, 0.5) is 30.6 Å². The van der Waals surface area contributed by atoms with Crippen molar-refractivity contribution in [3.05, 3.63) is 33.4 Å². The number of amides is 1. The van der Waals surface area contributed by atoms with Crippen LogP contribution in [0.15, 0.2) is 22.1 Å². The summed E-state index contributed by atoms with van der Waals surface area (Å²) >= 11 is 12.5. The highest BCUT2D eigenvalue weighted by atomic mass is 35.5. The van der Waals surface area contributed by atoms with E-state index in [2.05, 4.69) is 27.3 Å². The smallest absolute Gasteiger partial charge is 0.393 e. The van der Waals surface area contributed by atoms with Gasteiger partial charge in [-0.2, -0.15) is 18.2 Å². The number of aliphatic hydroxyl groups excluding tert-OH is 1. The molecule has 4 rings (SSSR count). The molecule has 0 bridgehead atoms. The van der Waals surface area contributed by atoms with Crippen molar-refractivity contribution in [2.45, 2.75) is 89.6 Å². The molecule has 2 aliphatic rings. The monoisotopic (exact) mass is 615 g/mol. The third-order valence-electron chi connectivity index (χ3n) is 8.02. The lowest BCUT2D eigenvalue weighted by Crippen LogP contribution is -2.39. The Bertz CT molecular complexity index is 1310. The SMILES string of the molecule is C=N/C(=N\c1c(C)nc(Nc2c(Cl)cc(C(F)(F)F)cc2Cl)n1[C@H]1CC[C@@](C)(C(N)=O)CC1)N[C@@H]1CCC[C@H](O)C1. The summed E-state index contributed by atoms with van der Waals surface area (Å²) in [5.41, 5.74) is 4.62. The molecule has 1 aromatic heterocycles. The number of aromatic nitrogens is 2. The van der Waals surface area contributed by atoms with Crippen LogP contribution < -0.4 is 16.4 Å². The summed E-state index contributed by atoms with van der Waals surface area (Å²) in [6, 6.07) is 1.39. The normalized spacial score (nSPS) is 25.6. The van der Waals surface area contributed by atoms with Crippen LogP contribution in [0.2, 0.25) is 10.0 Å². The number of carbonyl (C=O) groups excluding carboxylic acids is 1. The number of aliphatic imine (C=N–C) groups is 2. The number of aliphatic hydroxyl groups is 1. The van der Waals surface area contributed by atoms with Gasteiger partial charge in [-0.15, -0.1) is 0 Å².